The zero-order chi connectivity index (χ0) is 18.3. The first-order chi connectivity index (χ1) is 12.5. The van der Waals surface area contributed by atoms with E-state index in [9.17, 15) is 4.79 Å². The maximum absolute atomic E-state index is 12.7. The number of thiazole rings is 1. The van der Waals surface area contributed by atoms with E-state index < -0.39 is 0 Å². The van der Waals surface area contributed by atoms with E-state index in [0.29, 0.717) is 28.0 Å². The smallest absolute Gasteiger partial charge is 0.279 e. The third-order valence-corrected chi connectivity index (χ3v) is 5.01. The number of fused-ring (bicyclic) bond motifs is 1. The molecule has 3 heterocycles. The van der Waals surface area contributed by atoms with E-state index in [-0.39, 0.29) is 11.6 Å². The number of carbonyl (C=O) groups is 1. The van der Waals surface area contributed by atoms with E-state index in [1.165, 1.54) is 17.5 Å². The molecule has 1 N–H and O–H groups in total. The summed E-state index contributed by atoms with van der Waals surface area (Å²) in [6.45, 7) is 4.11. The van der Waals surface area contributed by atoms with Crippen LogP contribution in [0.1, 0.15) is 27.4 Å². The van der Waals surface area contributed by atoms with Crippen molar-refractivity contribution in [1.29, 1.82) is 0 Å². The van der Waals surface area contributed by atoms with Crippen LogP contribution in [0, 0.1) is 13.8 Å². The van der Waals surface area contributed by atoms with Crippen molar-refractivity contribution in [2.45, 2.75) is 20.4 Å². The monoisotopic (exact) mass is 387 g/mol. The molecule has 0 fully saturated rings. The van der Waals surface area contributed by atoms with Crippen molar-refractivity contribution in [2.24, 2.45) is 0 Å². The van der Waals surface area contributed by atoms with Gasteiger partial charge in [-0.25, -0.2) is 4.98 Å². The summed E-state index contributed by atoms with van der Waals surface area (Å²) in [5.74, 6) is 0.188. The Hall–Kier alpha value is -2.71. The Labute approximate surface area is 157 Å². The number of halogens is 1. The Morgan fingerprint density at radius 3 is 3.00 bits per heavy atom. The molecule has 0 spiro atoms. The summed E-state index contributed by atoms with van der Waals surface area (Å²) in [6.07, 6.45) is 3.21. The molecule has 0 aliphatic carbocycles. The van der Waals surface area contributed by atoms with Crippen LogP contribution >= 0.6 is 22.9 Å². The fourth-order valence-corrected chi connectivity index (χ4v) is 3.70. The van der Waals surface area contributed by atoms with Crippen LogP contribution in [0.5, 0.6) is 0 Å². The second-order valence-electron chi connectivity index (χ2n) is 5.87. The van der Waals surface area contributed by atoms with Crippen molar-refractivity contribution in [3.63, 3.8) is 0 Å². The van der Waals surface area contributed by atoms with Crippen LogP contribution in [0.4, 0.5) is 5.13 Å². The van der Waals surface area contributed by atoms with Crippen molar-refractivity contribution in [3.8, 4) is 0 Å². The third-order valence-electron chi connectivity index (χ3n) is 3.89. The number of carbonyl (C=O) groups excluding carboxylic acids is 1. The molecular formula is C17H14ClN5O2S. The number of rotatable bonds is 4. The van der Waals surface area contributed by atoms with Gasteiger partial charge in [0.25, 0.3) is 5.91 Å². The molecule has 1 aromatic carbocycles. The van der Waals surface area contributed by atoms with Crippen LogP contribution in [-0.2, 0) is 6.54 Å². The van der Waals surface area contributed by atoms with Gasteiger partial charge in [0.1, 0.15) is 5.76 Å². The van der Waals surface area contributed by atoms with Crippen LogP contribution in [0.25, 0.3) is 10.2 Å². The van der Waals surface area contributed by atoms with Gasteiger partial charge in [0.15, 0.2) is 10.8 Å². The number of aryl methyl sites for hydroxylation is 2. The molecule has 132 valence electrons. The van der Waals surface area contributed by atoms with Gasteiger partial charge in [-0.3, -0.25) is 14.8 Å². The molecule has 0 unspecified atom stereocenters. The second-order valence-corrected chi connectivity index (χ2v) is 7.33. The molecule has 0 atom stereocenters. The average molecular weight is 388 g/mol. The standard InChI is InChI=1S/C17H14ClN5O2S/c1-9-3-4-13-14(5-9)26-17(20-13)21-16(24)15-12(10(2)25-22-15)8-23-7-11(18)6-19-23/h3-7H,8H2,1-2H3,(H,20,21,24). The molecule has 4 aromatic rings. The minimum atomic E-state index is -0.370. The molecule has 3 aromatic heterocycles. The number of aromatic nitrogens is 4. The highest BCUT2D eigenvalue weighted by Crippen LogP contribution is 2.27. The van der Waals surface area contributed by atoms with Gasteiger partial charge in [0, 0.05) is 11.8 Å². The predicted octanol–water partition coefficient (Wildman–Crippen LogP) is 4.05. The first kappa shape index (κ1) is 16.7. The summed E-state index contributed by atoms with van der Waals surface area (Å²) in [4.78, 5) is 17.1. The molecular weight excluding hydrogens is 374 g/mol. The lowest BCUT2D eigenvalue weighted by atomic mass is 10.2. The molecule has 0 aliphatic rings. The lowest BCUT2D eigenvalue weighted by molar-refractivity contribution is 0.101. The van der Waals surface area contributed by atoms with E-state index >= 15 is 0 Å². The van der Waals surface area contributed by atoms with Gasteiger partial charge in [-0.1, -0.05) is 34.2 Å². The van der Waals surface area contributed by atoms with Gasteiger partial charge in [0.2, 0.25) is 0 Å². The molecule has 9 heteroatoms. The summed E-state index contributed by atoms with van der Waals surface area (Å²) in [5.41, 5.74) is 2.86. The van der Waals surface area contributed by atoms with Crippen molar-refractivity contribution in [2.75, 3.05) is 5.32 Å². The van der Waals surface area contributed by atoms with Gasteiger partial charge in [0.05, 0.1) is 28.0 Å². The second kappa shape index (κ2) is 6.54. The quantitative estimate of drug-likeness (QED) is 0.570. The van der Waals surface area contributed by atoms with Crippen LogP contribution in [-0.4, -0.2) is 25.8 Å². The van der Waals surface area contributed by atoms with Crippen molar-refractivity contribution >= 4 is 44.2 Å². The number of anilines is 1. The van der Waals surface area contributed by atoms with E-state index in [1.54, 1.807) is 17.8 Å². The zero-order valence-electron chi connectivity index (χ0n) is 14.0. The first-order valence-electron chi connectivity index (χ1n) is 7.81. The molecule has 0 saturated heterocycles. The summed E-state index contributed by atoms with van der Waals surface area (Å²) < 4.78 is 7.85. The maximum Gasteiger partial charge on any atom is 0.279 e. The Kier molecular flexibility index (Phi) is 4.21. The Balaban J connectivity index is 1.59. The number of nitrogens with one attached hydrogen (secondary N) is 1. The Morgan fingerprint density at radius 1 is 1.38 bits per heavy atom. The normalized spacial score (nSPS) is 11.2. The number of amides is 1. The van der Waals surface area contributed by atoms with Gasteiger partial charge in [-0.15, -0.1) is 0 Å². The van der Waals surface area contributed by atoms with Crippen molar-refractivity contribution < 1.29 is 9.32 Å². The van der Waals surface area contributed by atoms with Crippen LogP contribution in [0.2, 0.25) is 5.02 Å². The van der Waals surface area contributed by atoms with Crippen molar-refractivity contribution in [1.82, 2.24) is 19.9 Å². The summed E-state index contributed by atoms with van der Waals surface area (Å²) in [6, 6.07) is 5.96. The largest absolute Gasteiger partial charge is 0.361 e. The predicted molar refractivity (Wildman–Crippen MR) is 99.9 cm³/mol. The highest BCUT2D eigenvalue weighted by molar-refractivity contribution is 7.22. The van der Waals surface area contributed by atoms with Gasteiger partial charge in [-0.2, -0.15) is 5.10 Å². The van der Waals surface area contributed by atoms with Gasteiger partial charge in [-0.05, 0) is 31.5 Å². The topological polar surface area (TPSA) is 85.8 Å². The van der Waals surface area contributed by atoms with E-state index in [1.807, 2.05) is 25.1 Å². The molecule has 4 rings (SSSR count). The SMILES string of the molecule is Cc1ccc2nc(NC(=O)c3noc(C)c3Cn3cc(Cl)cn3)sc2c1. The third kappa shape index (κ3) is 3.21. The molecule has 0 aliphatic heterocycles. The summed E-state index contributed by atoms with van der Waals surface area (Å²) in [7, 11) is 0. The maximum atomic E-state index is 12.7. The number of nitrogens with zero attached hydrogens (tertiary/aromatic N) is 4. The molecule has 0 bridgehead atoms. The fraction of sp³-hybridized carbons (Fsp3) is 0.176. The van der Waals surface area contributed by atoms with Crippen LogP contribution in [0.3, 0.4) is 0 Å². The Bertz CT molecular complexity index is 1110. The highest BCUT2D eigenvalue weighted by Gasteiger charge is 2.21. The molecule has 0 saturated carbocycles. The van der Waals surface area contributed by atoms with Gasteiger partial charge < -0.3 is 4.52 Å². The molecule has 7 nitrogen and oxygen atoms in total. The van der Waals surface area contributed by atoms with Crippen LogP contribution in [0.15, 0.2) is 35.1 Å². The number of benzene rings is 1. The minimum Gasteiger partial charge on any atom is -0.361 e. The number of hydrogen-bond donors (Lipinski definition) is 1. The molecule has 26 heavy (non-hydrogen) atoms. The summed E-state index contributed by atoms with van der Waals surface area (Å²) >= 11 is 7.31. The van der Waals surface area contributed by atoms with Crippen LogP contribution < -0.4 is 5.32 Å². The number of hydrogen-bond acceptors (Lipinski definition) is 6. The zero-order valence-corrected chi connectivity index (χ0v) is 15.6. The van der Waals surface area contributed by atoms with E-state index in [2.05, 4.69) is 20.6 Å². The van der Waals surface area contributed by atoms with Crippen molar-refractivity contribution in [3.05, 3.63) is 58.2 Å². The molecule has 1 amide bonds. The first-order valence-corrected chi connectivity index (χ1v) is 9.00. The minimum absolute atomic E-state index is 0.213. The lowest BCUT2D eigenvalue weighted by Gasteiger charge is -2.03. The Morgan fingerprint density at radius 2 is 2.23 bits per heavy atom. The fourth-order valence-electron chi connectivity index (χ4n) is 2.58. The van der Waals surface area contributed by atoms with Gasteiger partial charge >= 0.3 is 0 Å². The highest BCUT2D eigenvalue weighted by atomic mass is 35.5. The average Bonchev–Trinajstić information content (AvgIpc) is 3.27. The lowest BCUT2D eigenvalue weighted by Crippen LogP contribution is -2.15. The van der Waals surface area contributed by atoms with E-state index in [0.717, 1.165) is 15.8 Å². The summed E-state index contributed by atoms with van der Waals surface area (Å²) in [5, 5.41) is 11.9. The van der Waals surface area contributed by atoms with E-state index in [4.69, 9.17) is 16.1 Å². The molecule has 0 radical (unpaired) electrons.